The highest BCUT2D eigenvalue weighted by Gasteiger charge is 2.31. The second-order valence-electron chi connectivity index (χ2n) is 4.60. The number of nitrogens with two attached hydrogens (primary N) is 1. The molecule has 100 valence electrons. The molecule has 1 aromatic rings. The van der Waals surface area contributed by atoms with E-state index in [4.69, 9.17) is 10.8 Å². The highest BCUT2D eigenvalue weighted by molar-refractivity contribution is 5.85. The van der Waals surface area contributed by atoms with Gasteiger partial charge in [-0.05, 0) is 23.5 Å². The normalized spacial score (nSPS) is 23.0. The summed E-state index contributed by atoms with van der Waals surface area (Å²) in [6, 6.07) is 7.76. The molecule has 1 amide bonds. The average Bonchev–Trinajstić information content (AvgIpc) is 2.63. The van der Waals surface area contributed by atoms with Gasteiger partial charge in [-0.3, -0.25) is 4.79 Å². The van der Waals surface area contributed by atoms with Crippen molar-refractivity contribution in [3.63, 3.8) is 0 Å². The number of fused-ring (bicyclic) bond motifs is 1. The number of aliphatic hydroxyl groups is 1. The number of benzene rings is 1. The molecule has 3 atom stereocenters. The third-order valence-corrected chi connectivity index (χ3v) is 3.53. The van der Waals surface area contributed by atoms with Crippen molar-refractivity contribution in [2.75, 3.05) is 6.61 Å². The van der Waals surface area contributed by atoms with Gasteiger partial charge in [0.25, 0.3) is 0 Å². The summed E-state index contributed by atoms with van der Waals surface area (Å²) in [5.74, 6) is -0.171. The van der Waals surface area contributed by atoms with Crippen LogP contribution in [0.3, 0.4) is 0 Å². The number of rotatable bonds is 4. The van der Waals surface area contributed by atoms with Crippen molar-refractivity contribution in [2.45, 2.75) is 31.3 Å². The Bertz CT molecular complexity index is 425. The quantitative estimate of drug-likeness (QED) is 0.749. The van der Waals surface area contributed by atoms with E-state index in [1.807, 2.05) is 12.1 Å². The first-order valence-electron chi connectivity index (χ1n) is 5.87. The van der Waals surface area contributed by atoms with Crippen LogP contribution in [0, 0.1) is 0 Å². The summed E-state index contributed by atoms with van der Waals surface area (Å²) in [5, 5.41) is 12.2. The van der Waals surface area contributed by atoms with E-state index < -0.39 is 11.9 Å². The second kappa shape index (κ2) is 6.18. The minimum atomic E-state index is -0.656. The molecule has 0 fully saturated rings. The monoisotopic (exact) mass is 270 g/mol. The van der Waals surface area contributed by atoms with E-state index in [2.05, 4.69) is 24.4 Å². The molecule has 0 spiro atoms. The van der Waals surface area contributed by atoms with Gasteiger partial charge in [-0.15, -0.1) is 12.4 Å². The summed E-state index contributed by atoms with van der Waals surface area (Å²) in [4.78, 5) is 11.1. The Kier molecular flexibility index (Phi) is 5.14. The molecule has 0 heterocycles. The van der Waals surface area contributed by atoms with Gasteiger partial charge in [0.15, 0.2) is 0 Å². The van der Waals surface area contributed by atoms with E-state index in [1.165, 1.54) is 11.1 Å². The zero-order valence-electron chi connectivity index (χ0n) is 10.3. The highest BCUT2D eigenvalue weighted by atomic mass is 35.5. The van der Waals surface area contributed by atoms with Crippen molar-refractivity contribution >= 4 is 18.3 Å². The lowest BCUT2D eigenvalue weighted by Gasteiger charge is -2.22. The van der Waals surface area contributed by atoms with E-state index >= 15 is 0 Å². The Morgan fingerprint density at radius 3 is 2.78 bits per heavy atom. The van der Waals surface area contributed by atoms with E-state index in [0.717, 1.165) is 6.42 Å². The summed E-state index contributed by atoms with van der Waals surface area (Å²) in [6.45, 7) is 1.87. The number of hydrogen-bond donors (Lipinski definition) is 3. The molecule has 0 bridgehead atoms. The number of carbonyl (C=O) groups is 1. The lowest BCUT2D eigenvalue weighted by molar-refractivity contribution is -0.121. The molecule has 1 aromatic carbocycles. The fourth-order valence-corrected chi connectivity index (χ4v) is 2.48. The van der Waals surface area contributed by atoms with Crippen molar-refractivity contribution in [1.29, 1.82) is 0 Å². The van der Waals surface area contributed by atoms with Crippen LogP contribution in [0.4, 0.5) is 0 Å². The van der Waals surface area contributed by atoms with Crippen molar-refractivity contribution in [2.24, 2.45) is 5.73 Å². The molecule has 0 aromatic heterocycles. The van der Waals surface area contributed by atoms with Crippen LogP contribution in [0.1, 0.15) is 24.0 Å². The lowest BCUT2D eigenvalue weighted by atomic mass is 10.0. The van der Waals surface area contributed by atoms with Crippen molar-refractivity contribution in [3.05, 3.63) is 35.4 Å². The molecule has 0 aliphatic heterocycles. The molecule has 4 nitrogen and oxygen atoms in total. The SMILES string of the molecule is CC1c2ccccc2CC1N[C@H](CO)C(N)=O.Cl. The summed E-state index contributed by atoms with van der Waals surface area (Å²) in [6.07, 6.45) is 0.876. The second-order valence-corrected chi connectivity index (χ2v) is 4.60. The molecule has 0 saturated heterocycles. The Morgan fingerprint density at radius 2 is 2.22 bits per heavy atom. The first kappa shape index (κ1) is 15.0. The minimum absolute atomic E-state index is 0. The number of aliphatic hydroxyl groups excluding tert-OH is 1. The van der Waals surface area contributed by atoms with Crippen LogP contribution >= 0.6 is 12.4 Å². The van der Waals surface area contributed by atoms with Gasteiger partial charge in [-0.2, -0.15) is 0 Å². The zero-order valence-corrected chi connectivity index (χ0v) is 11.1. The summed E-state index contributed by atoms with van der Waals surface area (Å²) in [5.41, 5.74) is 7.83. The molecule has 5 heteroatoms. The number of carbonyl (C=O) groups excluding carboxylic acids is 1. The van der Waals surface area contributed by atoms with E-state index in [-0.39, 0.29) is 25.1 Å². The molecule has 2 unspecified atom stereocenters. The largest absolute Gasteiger partial charge is 0.394 e. The maximum Gasteiger partial charge on any atom is 0.236 e. The number of hydrogen-bond acceptors (Lipinski definition) is 3. The van der Waals surface area contributed by atoms with Crippen LogP contribution in [0.25, 0.3) is 0 Å². The van der Waals surface area contributed by atoms with Gasteiger partial charge < -0.3 is 16.2 Å². The van der Waals surface area contributed by atoms with Crippen LogP contribution in [0.15, 0.2) is 24.3 Å². The number of nitrogens with one attached hydrogen (secondary N) is 1. The Hall–Kier alpha value is -1.10. The molecule has 0 saturated carbocycles. The molecule has 1 aliphatic rings. The van der Waals surface area contributed by atoms with Gasteiger partial charge in [0.05, 0.1) is 6.61 Å². The summed E-state index contributed by atoms with van der Waals surface area (Å²) >= 11 is 0. The van der Waals surface area contributed by atoms with Crippen molar-refractivity contribution < 1.29 is 9.90 Å². The number of primary amides is 1. The van der Waals surface area contributed by atoms with E-state index in [9.17, 15) is 4.79 Å². The Labute approximate surface area is 113 Å². The van der Waals surface area contributed by atoms with Gasteiger partial charge >= 0.3 is 0 Å². The Balaban J connectivity index is 0.00000162. The zero-order chi connectivity index (χ0) is 12.4. The summed E-state index contributed by atoms with van der Waals surface area (Å²) < 4.78 is 0. The van der Waals surface area contributed by atoms with Crippen LogP contribution in [0.2, 0.25) is 0 Å². The average molecular weight is 271 g/mol. The number of halogens is 1. The molecule has 4 N–H and O–H groups in total. The fourth-order valence-electron chi connectivity index (χ4n) is 2.48. The maximum absolute atomic E-state index is 11.1. The topological polar surface area (TPSA) is 75.3 Å². The van der Waals surface area contributed by atoms with Gasteiger partial charge in [0.1, 0.15) is 6.04 Å². The smallest absolute Gasteiger partial charge is 0.236 e. The van der Waals surface area contributed by atoms with Gasteiger partial charge in [-0.25, -0.2) is 0 Å². The third-order valence-electron chi connectivity index (χ3n) is 3.53. The van der Waals surface area contributed by atoms with Crippen LogP contribution in [-0.4, -0.2) is 29.7 Å². The predicted octanol–water partition coefficient (Wildman–Crippen LogP) is 0.572. The van der Waals surface area contributed by atoms with E-state index in [1.54, 1.807) is 0 Å². The van der Waals surface area contributed by atoms with Crippen molar-refractivity contribution in [1.82, 2.24) is 5.32 Å². The molecular formula is C13H19ClN2O2. The van der Waals surface area contributed by atoms with Crippen LogP contribution < -0.4 is 11.1 Å². The van der Waals surface area contributed by atoms with Crippen LogP contribution in [-0.2, 0) is 11.2 Å². The molecule has 0 radical (unpaired) electrons. The van der Waals surface area contributed by atoms with Gasteiger partial charge in [-0.1, -0.05) is 31.2 Å². The van der Waals surface area contributed by atoms with Gasteiger partial charge in [0.2, 0.25) is 5.91 Å². The summed E-state index contributed by atoms with van der Waals surface area (Å²) in [7, 11) is 0. The Morgan fingerprint density at radius 1 is 1.56 bits per heavy atom. The van der Waals surface area contributed by atoms with Gasteiger partial charge in [0, 0.05) is 6.04 Å². The standard InChI is InChI=1S/C13H18N2O2.ClH/c1-8-10-5-3-2-4-9(10)6-11(8)15-12(7-16)13(14)17;/h2-5,8,11-12,15-16H,6-7H2,1H3,(H2,14,17);1H/t8?,11?,12-;/m1./s1. The first-order valence-corrected chi connectivity index (χ1v) is 5.87. The maximum atomic E-state index is 11.1. The van der Waals surface area contributed by atoms with Crippen LogP contribution in [0.5, 0.6) is 0 Å². The third kappa shape index (κ3) is 2.83. The highest BCUT2D eigenvalue weighted by Crippen LogP contribution is 2.32. The molecule has 2 rings (SSSR count). The molecular weight excluding hydrogens is 252 g/mol. The fraction of sp³-hybridized carbons (Fsp3) is 0.462. The van der Waals surface area contributed by atoms with E-state index in [0.29, 0.717) is 5.92 Å². The minimum Gasteiger partial charge on any atom is -0.394 e. The number of amides is 1. The van der Waals surface area contributed by atoms with Crippen molar-refractivity contribution in [3.8, 4) is 0 Å². The first-order chi connectivity index (χ1) is 8.13. The molecule has 1 aliphatic carbocycles. The lowest BCUT2D eigenvalue weighted by Crippen LogP contribution is -2.49. The predicted molar refractivity (Wildman–Crippen MR) is 72.8 cm³/mol. The molecule has 18 heavy (non-hydrogen) atoms.